The Morgan fingerprint density at radius 3 is 1.97 bits per heavy atom. The number of aliphatic hydroxyl groups excluding tert-OH is 1. The van der Waals surface area contributed by atoms with Crippen LogP contribution in [0, 0.1) is 5.92 Å². The Hall–Kier alpha value is -2.24. The molecule has 0 saturated carbocycles. The van der Waals surface area contributed by atoms with Gasteiger partial charge in [-0.3, -0.25) is 14.4 Å². The first kappa shape index (κ1) is 26.8. The van der Waals surface area contributed by atoms with Crippen LogP contribution in [-0.2, 0) is 19.2 Å². The molecule has 29 heavy (non-hydrogen) atoms. The summed E-state index contributed by atoms with van der Waals surface area (Å²) in [5, 5.41) is 25.5. The number of carboxylic acid groups (broad SMARTS) is 1. The summed E-state index contributed by atoms with van der Waals surface area (Å²) >= 11 is 0. The van der Waals surface area contributed by atoms with Gasteiger partial charge in [-0.2, -0.15) is 0 Å². The first-order valence-electron chi connectivity index (χ1n) is 9.73. The predicted octanol–water partition coefficient (Wildman–Crippen LogP) is -1.96. The quantitative estimate of drug-likeness (QED) is 0.158. The van der Waals surface area contributed by atoms with Crippen LogP contribution in [0.2, 0.25) is 0 Å². The van der Waals surface area contributed by atoms with Crippen LogP contribution >= 0.6 is 0 Å². The molecule has 0 radical (unpaired) electrons. The van der Waals surface area contributed by atoms with Gasteiger partial charge in [-0.25, -0.2) is 4.79 Å². The highest BCUT2D eigenvalue weighted by Crippen LogP contribution is 2.08. The lowest BCUT2D eigenvalue weighted by molar-refractivity contribution is -0.142. The van der Waals surface area contributed by atoms with Gasteiger partial charge in [0.05, 0.1) is 6.61 Å². The van der Waals surface area contributed by atoms with Crippen molar-refractivity contribution in [3.05, 3.63) is 0 Å². The van der Waals surface area contributed by atoms with Crippen LogP contribution in [0.5, 0.6) is 0 Å². The van der Waals surface area contributed by atoms with E-state index in [1.807, 2.05) is 13.8 Å². The molecule has 0 rings (SSSR count). The van der Waals surface area contributed by atoms with Crippen LogP contribution in [0.25, 0.3) is 0 Å². The summed E-state index contributed by atoms with van der Waals surface area (Å²) in [6.07, 6.45) is 1.69. The Bertz CT molecular complexity index is 557. The first-order valence-corrected chi connectivity index (χ1v) is 9.73. The third kappa shape index (κ3) is 10.8. The second-order valence-electron chi connectivity index (χ2n) is 7.39. The minimum absolute atomic E-state index is 0.0410. The molecule has 0 aliphatic rings. The number of hydrogen-bond acceptors (Lipinski definition) is 7. The molecule has 0 heterocycles. The maximum Gasteiger partial charge on any atom is 0.326 e. The highest BCUT2D eigenvalue weighted by Gasteiger charge is 2.29. The summed E-state index contributed by atoms with van der Waals surface area (Å²) in [6.45, 7) is 4.98. The second-order valence-corrected chi connectivity index (χ2v) is 7.39. The van der Waals surface area contributed by atoms with Crippen molar-refractivity contribution in [1.29, 1.82) is 0 Å². The summed E-state index contributed by atoms with van der Waals surface area (Å²) in [5.74, 6) is -3.06. The summed E-state index contributed by atoms with van der Waals surface area (Å²) in [4.78, 5) is 48.1. The van der Waals surface area contributed by atoms with Crippen LogP contribution in [0.15, 0.2) is 0 Å². The van der Waals surface area contributed by atoms with Gasteiger partial charge in [0.2, 0.25) is 17.7 Å². The maximum absolute atomic E-state index is 12.6. The zero-order valence-electron chi connectivity index (χ0n) is 17.3. The molecule has 3 amide bonds. The van der Waals surface area contributed by atoms with Crippen LogP contribution < -0.4 is 27.4 Å². The molecule has 0 aromatic rings. The van der Waals surface area contributed by atoms with E-state index in [1.165, 1.54) is 6.92 Å². The van der Waals surface area contributed by atoms with Gasteiger partial charge in [0.25, 0.3) is 0 Å². The van der Waals surface area contributed by atoms with Gasteiger partial charge in [-0.05, 0) is 45.1 Å². The van der Waals surface area contributed by atoms with Gasteiger partial charge < -0.3 is 37.6 Å². The summed E-state index contributed by atoms with van der Waals surface area (Å²) in [5.41, 5.74) is 10.8. The van der Waals surface area contributed by atoms with Crippen molar-refractivity contribution in [3.63, 3.8) is 0 Å². The Morgan fingerprint density at radius 1 is 0.897 bits per heavy atom. The number of rotatable bonds is 14. The number of nitrogens with two attached hydrogens (primary N) is 2. The van der Waals surface area contributed by atoms with Crippen molar-refractivity contribution in [2.75, 3.05) is 13.2 Å². The number of carbonyl (C=O) groups excluding carboxylic acids is 3. The lowest BCUT2D eigenvalue weighted by Crippen LogP contribution is -2.56. The van der Waals surface area contributed by atoms with Crippen molar-refractivity contribution < 1.29 is 29.4 Å². The highest BCUT2D eigenvalue weighted by atomic mass is 16.4. The predicted molar refractivity (Wildman–Crippen MR) is 107 cm³/mol. The van der Waals surface area contributed by atoms with Crippen LogP contribution in [-0.4, -0.2) is 71.2 Å². The molecule has 0 aromatic heterocycles. The molecule has 0 bridgehead atoms. The molecular weight excluding hydrogens is 382 g/mol. The first-order chi connectivity index (χ1) is 13.5. The van der Waals surface area contributed by atoms with Gasteiger partial charge in [0.1, 0.15) is 24.2 Å². The van der Waals surface area contributed by atoms with Gasteiger partial charge >= 0.3 is 5.97 Å². The normalized spacial score (nSPS) is 15.1. The summed E-state index contributed by atoms with van der Waals surface area (Å²) < 4.78 is 0. The van der Waals surface area contributed by atoms with Crippen molar-refractivity contribution >= 4 is 23.7 Å². The number of hydrogen-bond donors (Lipinski definition) is 7. The van der Waals surface area contributed by atoms with E-state index >= 15 is 0 Å². The maximum atomic E-state index is 12.6. The topological polar surface area (TPSA) is 197 Å². The Labute approximate surface area is 171 Å². The van der Waals surface area contributed by atoms with E-state index in [2.05, 4.69) is 16.0 Å². The molecule has 168 valence electrons. The van der Waals surface area contributed by atoms with E-state index < -0.39 is 54.5 Å². The molecule has 4 atom stereocenters. The van der Waals surface area contributed by atoms with Crippen molar-refractivity contribution in [2.45, 2.75) is 70.6 Å². The van der Waals surface area contributed by atoms with Crippen LogP contribution in [0.3, 0.4) is 0 Å². The third-order valence-corrected chi connectivity index (χ3v) is 4.19. The fourth-order valence-corrected chi connectivity index (χ4v) is 2.49. The molecule has 0 unspecified atom stereocenters. The monoisotopic (exact) mass is 417 g/mol. The Balaban J connectivity index is 5.04. The SMILES string of the molecule is CC(C)C[C@H](NC(=O)[C@H](C)NC(=O)[C@@H](N)CO)C(=O)N[C@@H](CCCCN)C(=O)O. The van der Waals surface area contributed by atoms with Crippen molar-refractivity contribution in [1.82, 2.24) is 16.0 Å². The summed E-state index contributed by atoms with van der Waals surface area (Å²) in [7, 11) is 0. The minimum Gasteiger partial charge on any atom is -0.480 e. The molecular formula is C18H35N5O6. The van der Waals surface area contributed by atoms with Gasteiger partial charge in [0, 0.05) is 0 Å². The minimum atomic E-state index is -1.16. The van der Waals surface area contributed by atoms with E-state index in [0.29, 0.717) is 19.4 Å². The standard InChI is InChI=1S/C18H35N5O6/c1-10(2)8-14(17(27)22-13(18(28)29)6-4-5-7-19)23-15(25)11(3)21-16(26)12(20)9-24/h10-14,24H,4-9,19-20H2,1-3H3,(H,21,26)(H,22,27)(H,23,25)(H,28,29)/t11-,12-,13-,14-/m0/s1. The number of unbranched alkanes of at least 4 members (excludes halogenated alkanes) is 1. The zero-order valence-corrected chi connectivity index (χ0v) is 17.3. The largest absolute Gasteiger partial charge is 0.480 e. The third-order valence-electron chi connectivity index (χ3n) is 4.19. The molecule has 11 nitrogen and oxygen atoms in total. The van der Waals surface area contributed by atoms with E-state index in [9.17, 15) is 24.3 Å². The molecule has 9 N–H and O–H groups in total. The Morgan fingerprint density at radius 2 is 1.48 bits per heavy atom. The van der Waals surface area contributed by atoms with Gasteiger partial charge in [-0.1, -0.05) is 13.8 Å². The second kappa shape index (κ2) is 13.9. The van der Waals surface area contributed by atoms with Crippen molar-refractivity contribution in [2.24, 2.45) is 17.4 Å². The van der Waals surface area contributed by atoms with Crippen LogP contribution in [0.4, 0.5) is 0 Å². The molecule has 0 aliphatic heterocycles. The smallest absolute Gasteiger partial charge is 0.326 e. The average Bonchev–Trinajstić information content (AvgIpc) is 2.65. The number of aliphatic carboxylic acids is 1. The molecule has 0 spiro atoms. The molecule has 0 aliphatic carbocycles. The number of aliphatic hydroxyl groups is 1. The molecule has 0 aromatic carbocycles. The lowest BCUT2D eigenvalue weighted by Gasteiger charge is -2.24. The fourth-order valence-electron chi connectivity index (χ4n) is 2.49. The zero-order chi connectivity index (χ0) is 22.6. The number of carboxylic acids is 1. The number of amides is 3. The molecule has 11 heteroatoms. The molecule has 0 saturated heterocycles. The Kier molecular flexibility index (Phi) is 12.8. The highest BCUT2D eigenvalue weighted by molar-refractivity contribution is 5.93. The fraction of sp³-hybridized carbons (Fsp3) is 0.778. The van der Waals surface area contributed by atoms with E-state index in [4.69, 9.17) is 16.6 Å². The van der Waals surface area contributed by atoms with Gasteiger partial charge in [0.15, 0.2) is 0 Å². The van der Waals surface area contributed by atoms with Gasteiger partial charge in [-0.15, -0.1) is 0 Å². The average molecular weight is 418 g/mol. The van der Waals surface area contributed by atoms with E-state index in [-0.39, 0.29) is 18.8 Å². The van der Waals surface area contributed by atoms with E-state index in [0.717, 1.165) is 0 Å². The summed E-state index contributed by atoms with van der Waals surface area (Å²) in [6, 6.07) is -4.21. The van der Waals surface area contributed by atoms with E-state index in [1.54, 1.807) is 0 Å². The van der Waals surface area contributed by atoms with Crippen LogP contribution in [0.1, 0.15) is 46.5 Å². The number of carbonyl (C=O) groups is 4. The molecule has 0 fully saturated rings. The lowest BCUT2D eigenvalue weighted by atomic mass is 10.0. The number of nitrogens with one attached hydrogen (secondary N) is 3. The van der Waals surface area contributed by atoms with Crippen molar-refractivity contribution in [3.8, 4) is 0 Å².